The topological polar surface area (TPSA) is 136 Å². The summed E-state index contributed by atoms with van der Waals surface area (Å²) in [5, 5.41) is 28.5. The van der Waals surface area contributed by atoms with Crippen LogP contribution < -0.4 is 16.0 Å². The number of aromatic hydroxyl groups is 1. The third kappa shape index (κ3) is 3.51. The molecular weight excluding hydrogens is 409 g/mol. The van der Waals surface area contributed by atoms with Gasteiger partial charge in [-0.1, -0.05) is 0 Å². The molecule has 0 unspecified atom stereocenters. The summed E-state index contributed by atoms with van der Waals surface area (Å²) < 4.78 is 40.9. The zero-order valence-corrected chi connectivity index (χ0v) is 13.5. The number of aromatic nitrogens is 1. The first-order valence-corrected chi connectivity index (χ1v) is 7.03. The van der Waals surface area contributed by atoms with Crippen molar-refractivity contribution in [3.8, 4) is 34.8 Å². The molecule has 1 heterocycles. The van der Waals surface area contributed by atoms with Crippen molar-refractivity contribution in [1.29, 1.82) is 10.5 Å². The molecule has 0 atom stereocenters. The second-order valence-electron chi connectivity index (χ2n) is 4.57. The van der Waals surface area contributed by atoms with E-state index in [0.717, 1.165) is 12.1 Å². The average Bonchev–Trinajstić information content (AvgIpc) is 2.48. The zero-order valence-electron chi connectivity index (χ0n) is 11.9. The molecule has 1 aromatic heterocycles. The number of nitrogens with two attached hydrogens (primary N) is 1. The average molecular weight is 415 g/mol. The smallest absolute Gasteiger partial charge is 0.506 e. The van der Waals surface area contributed by atoms with E-state index in [2.05, 4.69) is 25.7 Å². The number of phenolic OH excluding ortho intramolecular Hbond substituents is 1. The summed E-state index contributed by atoms with van der Waals surface area (Å²) in [6, 6.07) is 4.76. The molecule has 0 aliphatic heterocycles. The number of pyridine rings is 1. The third-order valence-corrected chi connectivity index (χ3v) is 3.61. The molecule has 0 spiro atoms. The van der Waals surface area contributed by atoms with Crippen LogP contribution in [0.5, 0.6) is 11.5 Å². The van der Waals surface area contributed by atoms with Gasteiger partial charge in [0, 0.05) is 11.1 Å². The predicted octanol–water partition coefficient (Wildman–Crippen LogP) is 2.73. The van der Waals surface area contributed by atoms with E-state index in [4.69, 9.17) is 11.0 Å². The number of alkyl halides is 3. The fraction of sp³-hybridized carbons (Fsp3) is 0.0714. The Morgan fingerprint density at radius 1 is 1.24 bits per heavy atom. The van der Waals surface area contributed by atoms with Crippen LogP contribution in [0.25, 0.3) is 11.1 Å². The monoisotopic (exact) mass is 414 g/mol. The Balaban J connectivity index is 2.90. The number of hydrogen-bond acceptors (Lipinski definition) is 6. The lowest BCUT2D eigenvalue weighted by molar-refractivity contribution is -0.274. The highest BCUT2D eigenvalue weighted by molar-refractivity contribution is 9.10. The number of halogens is 4. The number of nitriles is 2. The van der Waals surface area contributed by atoms with Crippen molar-refractivity contribution >= 4 is 21.7 Å². The number of hydrogen-bond donors (Lipinski definition) is 3. The molecule has 0 saturated carbocycles. The summed E-state index contributed by atoms with van der Waals surface area (Å²) in [4.78, 5) is 14.0. The Kier molecular flexibility index (Phi) is 4.63. The summed E-state index contributed by atoms with van der Waals surface area (Å²) in [7, 11) is 0. The van der Waals surface area contributed by atoms with Gasteiger partial charge in [0.25, 0.3) is 5.56 Å². The molecule has 0 saturated heterocycles. The first kappa shape index (κ1) is 18.2. The number of benzene rings is 1. The fourth-order valence-electron chi connectivity index (χ4n) is 2.07. The molecule has 2 aromatic rings. The van der Waals surface area contributed by atoms with Crippen LogP contribution in [0, 0.1) is 22.7 Å². The second kappa shape index (κ2) is 6.37. The van der Waals surface area contributed by atoms with Crippen molar-refractivity contribution in [1.82, 2.24) is 4.98 Å². The lowest BCUT2D eigenvalue weighted by Gasteiger charge is -2.15. The lowest BCUT2D eigenvalue weighted by atomic mass is 9.95. The standard InChI is InChI=1S/C14H6BrF3N4O3/c15-9-2-5(25-14(16,17)18)1-6(11(9)23)10-7(3-19)12(21)22-13(24)8(10)4-20/h1-2,23H,(H3,21,22,24). The van der Waals surface area contributed by atoms with Crippen molar-refractivity contribution < 1.29 is 23.0 Å². The van der Waals surface area contributed by atoms with Crippen LogP contribution in [0.1, 0.15) is 11.1 Å². The zero-order chi connectivity index (χ0) is 18.9. The van der Waals surface area contributed by atoms with Crippen LogP contribution in [-0.4, -0.2) is 16.5 Å². The minimum absolute atomic E-state index is 0.212. The molecule has 2 rings (SSSR count). The third-order valence-electron chi connectivity index (χ3n) is 3.01. The van der Waals surface area contributed by atoms with E-state index in [0.29, 0.717) is 0 Å². The fourth-order valence-corrected chi connectivity index (χ4v) is 2.51. The predicted molar refractivity (Wildman–Crippen MR) is 82.4 cm³/mol. The van der Waals surface area contributed by atoms with Gasteiger partial charge in [-0.15, -0.1) is 13.2 Å². The molecule has 128 valence electrons. The van der Waals surface area contributed by atoms with E-state index in [9.17, 15) is 28.3 Å². The van der Waals surface area contributed by atoms with Crippen molar-refractivity contribution in [3.63, 3.8) is 0 Å². The van der Waals surface area contributed by atoms with Crippen molar-refractivity contribution in [2.75, 3.05) is 5.73 Å². The van der Waals surface area contributed by atoms with Gasteiger partial charge in [0.1, 0.15) is 40.6 Å². The molecule has 1 aromatic carbocycles. The summed E-state index contributed by atoms with van der Waals surface area (Å²) in [6.07, 6.45) is -5.02. The molecule has 0 radical (unpaired) electrons. The van der Waals surface area contributed by atoms with E-state index >= 15 is 0 Å². The highest BCUT2D eigenvalue weighted by Crippen LogP contribution is 2.42. The Hall–Kier alpha value is -3.18. The van der Waals surface area contributed by atoms with Gasteiger partial charge < -0.3 is 20.6 Å². The quantitative estimate of drug-likeness (QED) is 0.690. The maximum Gasteiger partial charge on any atom is 0.573 e. The molecule has 0 fully saturated rings. The van der Waals surface area contributed by atoms with Crippen LogP contribution in [0.3, 0.4) is 0 Å². The van der Waals surface area contributed by atoms with Gasteiger partial charge >= 0.3 is 6.36 Å². The van der Waals surface area contributed by atoms with Crippen molar-refractivity contribution in [2.24, 2.45) is 0 Å². The van der Waals surface area contributed by atoms with Gasteiger partial charge in [-0.25, -0.2) is 0 Å². The highest BCUT2D eigenvalue weighted by Gasteiger charge is 2.32. The van der Waals surface area contributed by atoms with E-state index in [1.165, 1.54) is 6.07 Å². The summed E-state index contributed by atoms with van der Waals surface area (Å²) >= 11 is 2.85. The lowest BCUT2D eigenvalue weighted by Crippen LogP contribution is -2.18. The molecule has 25 heavy (non-hydrogen) atoms. The summed E-state index contributed by atoms with van der Waals surface area (Å²) in [5.41, 5.74) is 2.77. The van der Waals surface area contributed by atoms with Crippen LogP contribution >= 0.6 is 15.9 Å². The van der Waals surface area contributed by atoms with E-state index in [1.807, 2.05) is 0 Å². The number of nitrogens with zero attached hydrogens (tertiary/aromatic N) is 2. The maximum absolute atomic E-state index is 12.4. The van der Waals surface area contributed by atoms with E-state index < -0.39 is 45.9 Å². The Labute approximate surface area is 145 Å². The van der Waals surface area contributed by atoms with Crippen LogP contribution in [0.4, 0.5) is 19.0 Å². The van der Waals surface area contributed by atoms with E-state index in [-0.39, 0.29) is 10.0 Å². The first-order chi connectivity index (χ1) is 11.6. The van der Waals surface area contributed by atoms with Gasteiger partial charge in [0.05, 0.1) is 4.47 Å². The molecule has 0 amide bonds. The number of H-pyrrole nitrogens is 1. The molecule has 11 heteroatoms. The SMILES string of the molecule is N#Cc1c(N)[nH]c(=O)c(C#N)c1-c1cc(OC(F)(F)F)cc(Br)c1O. The maximum atomic E-state index is 12.4. The number of ether oxygens (including phenoxy) is 1. The van der Waals surface area contributed by atoms with Crippen molar-refractivity contribution in [3.05, 3.63) is 38.1 Å². The minimum Gasteiger partial charge on any atom is -0.506 e. The molecular formula is C14H6BrF3N4O3. The number of nitrogen functional groups attached to an aromatic ring is 1. The van der Waals surface area contributed by atoms with Gasteiger partial charge in [-0.05, 0) is 28.1 Å². The Bertz CT molecular complexity index is 1000. The van der Waals surface area contributed by atoms with Gasteiger partial charge in [0.2, 0.25) is 0 Å². The Morgan fingerprint density at radius 3 is 2.36 bits per heavy atom. The molecule has 4 N–H and O–H groups in total. The Morgan fingerprint density at radius 2 is 1.84 bits per heavy atom. The highest BCUT2D eigenvalue weighted by atomic mass is 79.9. The van der Waals surface area contributed by atoms with Crippen LogP contribution in [-0.2, 0) is 0 Å². The summed E-state index contributed by atoms with van der Waals surface area (Å²) in [6.45, 7) is 0. The van der Waals surface area contributed by atoms with E-state index in [1.54, 1.807) is 6.07 Å². The normalized spacial score (nSPS) is 10.8. The largest absolute Gasteiger partial charge is 0.573 e. The number of aromatic amines is 1. The number of phenols is 1. The molecule has 0 aliphatic rings. The number of nitrogens with one attached hydrogen (secondary N) is 1. The van der Waals surface area contributed by atoms with Crippen molar-refractivity contribution in [2.45, 2.75) is 6.36 Å². The van der Waals surface area contributed by atoms with Gasteiger partial charge in [-0.2, -0.15) is 10.5 Å². The van der Waals surface area contributed by atoms with Crippen LogP contribution in [0.15, 0.2) is 21.4 Å². The number of rotatable bonds is 2. The molecule has 0 bridgehead atoms. The molecule has 7 nitrogen and oxygen atoms in total. The molecule has 0 aliphatic carbocycles. The van der Waals surface area contributed by atoms with Gasteiger partial charge in [-0.3, -0.25) is 4.79 Å². The number of anilines is 1. The van der Waals surface area contributed by atoms with Crippen LogP contribution in [0.2, 0.25) is 0 Å². The minimum atomic E-state index is -5.02. The second-order valence-corrected chi connectivity index (χ2v) is 5.42. The first-order valence-electron chi connectivity index (χ1n) is 6.23. The van der Waals surface area contributed by atoms with Gasteiger partial charge in [0.15, 0.2) is 0 Å². The summed E-state index contributed by atoms with van der Waals surface area (Å²) in [5.74, 6) is -1.74.